The van der Waals surface area contributed by atoms with Crippen molar-refractivity contribution in [2.45, 2.75) is 32.0 Å². The molecule has 0 aromatic heterocycles. The van der Waals surface area contributed by atoms with E-state index in [1.165, 1.54) is 29.9 Å². The van der Waals surface area contributed by atoms with E-state index in [9.17, 15) is 18.0 Å². The van der Waals surface area contributed by atoms with E-state index in [2.05, 4.69) is 4.90 Å². The van der Waals surface area contributed by atoms with Crippen LogP contribution in [0.3, 0.4) is 0 Å². The van der Waals surface area contributed by atoms with E-state index in [0.29, 0.717) is 18.5 Å². The minimum absolute atomic E-state index is 0.0257. The highest BCUT2D eigenvalue weighted by Crippen LogP contribution is 2.35. The van der Waals surface area contributed by atoms with Crippen molar-refractivity contribution < 1.29 is 18.0 Å². The van der Waals surface area contributed by atoms with Gasteiger partial charge in [-0.3, -0.25) is 9.69 Å². The zero-order valence-electron chi connectivity index (χ0n) is 13.5. The number of hydrogen-bond acceptors (Lipinski definition) is 2. The Morgan fingerprint density at radius 2 is 1.92 bits per heavy atom. The van der Waals surface area contributed by atoms with Crippen molar-refractivity contribution in [3.8, 4) is 0 Å². The van der Waals surface area contributed by atoms with Crippen LogP contribution in [0.5, 0.6) is 0 Å². The third-order valence-corrected chi connectivity index (χ3v) is 4.71. The molecule has 1 aromatic rings. The number of hydrogen-bond donors (Lipinski definition) is 0. The lowest BCUT2D eigenvalue weighted by atomic mass is 9.94. The molecule has 2 aliphatic rings. The van der Waals surface area contributed by atoms with E-state index in [1.807, 2.05) is 6.08 Å². The Labute approximate surface area is 139 Å². The third kappa shape index (κ3) is 3.80. The summed E-state index contributed by atoms with van der Waals surface area (Å²) in [5, 5.41) is 0. The van der Waals surface area contributed by atoms with Crippen LogP contribution >= 0.6 is 0 Å². The van der Waals surface area contributed by atoms with Crippen molar-refractivity contribution >= 4 is 5.91 Å². The lowest BCUT2D eigenvalue weighted by Crippen LogP contribution is -2.36. The zero-order valence-corrected chi connectivity index (χ0v) is 13.5. The number of halogens is 3. The van der Waals surface area contributed by atoms with Crippen LogP contribution in [-0.4, -0.2) is 41.9 Å². The monoisotopic (exact) mass is 338 g/mol. The maximum atomic E-state index is 13.2. The van der Waals surface area contributed by atoms with E-state index in [1.54, 1.807) is 6.07 Å². The Hall–Kier alpha value is -1.82. The fourth-order valence-electron chi connectivity index (χ4n) is 3.41. The van der Waals surface area contributed by atoms with Gasteiger partial charge in [-0.05, 0) is 49.5 Å². The number of fused-ring (bicyclic) bond motifs is 1. The van der Waals surface area contributed by atoms with Crippen molar-refractivity contribution in [2.24, 2.45) is 0 Å². The highest BCUT2D eigenvalue weighted by Gasteiger charge is 2.35. The van der Waals surface area contributed by atoms with Crippen molar-refractivity contribution in [2.75, 3.05) is 26.2 Å². The Morgan fingerprint density at radius 1 is 1.17 bits per heavy atom. The van der Waals surface area contributed by atoms with E-state index in [-0.39, 0.29) is 18.0 Å². The summed E-state index contributed by atoms with van der Waals surface area (Å²) in [4.78, 5) is 16.0. The Bertz CT molecular complexity index is 634. The SMILES string of the molecule is O=C(/C=C/CN1CCCC1)N1CCc2cccc(C(F)(F)F)c2C1. The smallest absolute Gasteiger partial charge is 0.334 e. The number of rotatable bonds is 3. The summed E-state index contributed by atoms with van der Waals surface area (Å²) in [6.45, 7) is 3.30. The predicted molar refractivity (Wildman–Crippen MR) is 85.4 cm³/mol. The molecular weight excluding hydrogens is 317 g/mol. The molecule has 0 bridgehead atoms. The molecule has 1 amide bonds. The lowest BCUT2D eigenvalue weighted by molar-refractivity contribution is -0.139. The fourth-order valence-corrected chi connectivity index (χ4v) is 3.41. The predicted octanol–water partition coefficient (Wildman–Crippen LogP) is 3.24. The zero-order chi connectivity index (χ0) is 17.2. The highest BCUT2D eigenvalue weighted by molar-refractivity contribution is 5.87. The molecule has 0 atom stereocenters. The van der Waals surface area contributed by atoms with E-state index < -0.39 is 11.7 Å². The van der Waals surface area contributed by atoms with Crippen LogP contribution in [0.2, 0.25) is 0 Å². The van der Waals surface area contributed by atoms with E-state index in [0.717, 1.165) is 25.7 Å². The summed E-state index contributed by atoms with van der Waals surface area (Å²) in [5.74, 6) is -0.211. The minimum atomic E-state index is -4.39. The average molecular weight is 338 g/mol. The second-order valence-corrected chi connectivity index (χ2v) is 6.36. The number of nitrogens with zero attached hydrogens (tertiary/aromatic N) is 2. The molecule has 3 nitrogen and oxygen atoms in total. The summed E-state index contributed by atoms with van der Waals surface area (Å²) in [6, 6.07) is 4.25. The van der Waals surface area contributed by atoms with E-state index in [4.69, 9.17) is 0 Å². The van der Waals surface area contributed by atoms with Crippen LogP contribution in [0.1, 0.15) is 29.5 Å². The van der Waals surface area contributed by atoms with Crippen molar-refractivity contribution in [1.29, 1.82) is 0 Å². The standard InChI is InChI=1S/C18H21F3N2O/c19-18(20,21)16-6-3-5-14-8-12-23(13-15(14)16)17(24)7-4-11-22-9-1-2-10-22/h3-7H,1-2,8-13H2/b7-4+. The van der Waals surface area contributed by atoms with Crippen molar-refractivity contribution in [3.05, 3.63) is 47.0 Å². The van der Waals surface area contributed by atoms with E-state index >= 15 is 0 Å². The van der Waals surface area contributed by atoms with Crippen molar-refractivity contribution in [3.63, 3.8) is 0 Å². The first kappa shape index (κ1) is 17.0. The third-order valence-electron chi connectivity index (χ3n) is 4.71. The van der Waals surface area contributed by atoms with Crippen LogP contribution in [0, 0.1) is 0 Å². The first-order chi connectivity index (χ1) is 11.4. The number of amides is 1. The molecule has 2 aliphatic heterocycles. The first-order valence-electron chi connectivity index (χ1n) is 8.31. The highest BCUT2D eigenvalue weighted by atomic mass is 19.4. The molecule has 0 aliphatic carbocycles. The van der Waals surface area contributed by atoms with Gasteiger partial charge in [0.1, 0.15) is 0 Å². The van der Waals surface area contributed by atoms with Gasteiger partial charge in [0, 0.05) is 25.7 Å². The van der Waals surface area contributed by atoms with Gasteiger partial charge in [-0.1, -0.05) is 18.2 Å². The van der Waals surface area contributed by atoms with Gasteiger partial charge >= 0.3 is 6.18 Å². The molecule has 1 fully saturated rings. The molecule has 0 radical (unpaired) electrons. The number of likely N-dealkylation sites (tertiary alicyclic amines) is 1. The second kappa shape index (κ2) is 6.97. The minimum Gasteiger partial charge on any atom is -0.334 e. The van der Waals surface area contributed by atoms with Crippen LogP contribution in [-0.2, 0) is 23.9 Å². The first-order valence-corrected chi connectivity index (χ1v) is 8.31. The molecule has 3 rings (SSSR count). The Kier molecular flexibility index (Phi) is 4.94. The van der Waals surface area contributed by atoms with Crippen LogP contribution < -0.4 is 0 Å². The quantitative estimate of drug-likeness (QED) is 0.790. The molecule has 24 heavy (non-hydrogen) atoms. The molecule has 130 valence electrons. The van der Waals surface area contributed by atoms with Gasteiger partial charge in [-0.15, -0.1) is 0 Å². The molecular formula is C18H21F3N2O. The molecule has 0 N–H and O–H groups in total. The van der Waals surface area contributed by atoms with Crippen LogP contribution in [0.25, 0.3) is 0 Å². The number of benzene rings is 1. The second-order valence-electron chi connectivity index (χ2n) is 6.36. The fraction of sp³-hybridized carbons (Fsp3) is 0.500. The number of carbonyl (C=O) groups is 1. The largest absolute Gasteiger partial charge is 0.416 e. The van der Waals surface area contributed by atoms with Gasteiger partial charge in [-0.25, -0.2) is 0 Å². The normalized spacial score (nSPS) is 19.0. The lowest BCUT2D eigenvalue weighted by Gasteiger charge is -2.30. The maximum Gasteiger partial charge on any atom is 0.416 e. The molecule has 0 saturated carbocycles. The summed E-state index contributed by atoms with van der Waals surface area (Å²) in [6.07, 6.45) is 1.77. The van der Waals surface area contributed by atoms with Gasteiger partial charge in [0.25, 0.3) is 0 Å². The Balaban J connectivity index is 1.67. The number of carbonyl (C=O) groups excluding carboxylic acids is 1. The van der Waals surface area contributed by atoms with Gasteiger partial charge in [-0.2, -0.15) is 13.2 Å². The molecule has 0 spiro atoms. The molecule has 1 aromatic carbocycles. The van der Waals surface area contributed by atoms with Gasteiger partial charge in [0.2, 0.25) is 5.91 Å². The van der Waals surface area contributed by atoms with Crippen LogP contribution in [0.15, 0.2) is 30.4 Å². The Morgan fingerprint density at radius 3 is 2.62 bits per heavy atom. The van der Waals surface area contributed by atoms with Gasteiger partial charge < -0.3 is 4.90 Å². The molecule has 2 heterocycles. The summed E-state index contributed by atoms with van der Waals surface area (Å²) >= 11 is 0. The molecule has 6 heteroatoms. The molecule has 0 unspecified atom stereocenters. The average Bonchev–Trinajstić information content (AvgIpc) is 3.06. The van der Waals surface area contributed by atoms with Gasteiger partial charge in [0.15, 0.2) is 0 Å². The molecule has 1 saturated heterocycles. The summed E-state index contributed by atoms with van der Waals surface area (Å²) < 4.78 is 39.5. The number of alkyl halides is 3. The van der Waals surface area contributed by atoms with Crippen LogP contribution in [0.4, 0.5) is 13.2 Å². The van der Waals surface area contributed by atoms with Crippen molar-refractivity contribution in [1.82, 2.24) is 9.80 Å². The maximum absolute atomic E-state index is 13.2. The van der Waals surface area contributed by atoms with Gasteiger partial charge in [0.05, 0.1) is 5.56 Å². The summed E-state index contributed by atoms with van der Waals surface area (Å²) in [5.41, 5.74) is 0.297. The summed E-state index contributed by atoms with van der Waals surface area (Å²) in [7, 11) is 0. The topological polar surface area (TPSA) is 23.6 Å².